The number of nitrogens with one attached hydrogen (secondary N) is 3. The van der Waals surface area contributed by atoms with E-state index in [0.717, 1.165) is 13.6 Å². The SMILES string of the molecule is CCOC(=O)C1=C(C)NC(=O)N[C@H]1c1ccc(OCC(=O)N/N=C\c2cc(I)c(OCc3ccc(Br)cc3)c(OCC)c2)c(OC)c1. The van der Waals surface area contributed by atoms with Crippen LogP contribution in [0.1, 0.15) is 43.5 Å². The van der Waals surface area contributed by atoms with Crippen molar-refractivity contribution in [1.29, 1.82) is 0 Å². The Balaban J connectivity index is 1.38. The first kappa shape index (κ1) is 35.5. The lowest BCUT2D eigenvalue weighted by atomic mass is 9.95. The number of carbonyl (C=O) groups excluding carboxylic acids is 3. The minimum Gasteiger partial charge on any atom is -0.493 e. The van der Waals surface area contributed by atoms with Gasteiger partial charge in [0.2, 0.25) is 0 Å². The molecule has 3 N–H and O–H groups in total. The van der Waals surface area contributed by atoms with Crippen LogP contribution in [0.5, 0.6) is 23.0 Å². The van der Waals surface area contributed by atoms with Gasteiger partial charge in [-0.3, -0.25) is 4.79 Å². The molecule has 0 aromatic heterocycles. The molecule has 14 heteroatoms. The first-order chi connectivity index (χ1) is 22.6. The van der Waals surface area contributed by atoms with Gasteiger partial charge in [-0.2, -0.15) is 5.10 Å². The van der Waals surface area contributed by atoms with Crippen LogP contribution in [0.25, 0.3) is 0 Å². The highest BCUT2D eigenvalue weighted by atomic mass is 127. The molecule has 1 aliphatic rings. The number of methoxy groups -OCH3 is 1. The van der Waals surface area contributed by atoms with Crippen molar-refractivity contribution in [3.8, 4) is 23.0 Å². The highest BCUT2D eigenvalue weighted by Gasteiger charge is 2.32. The zero-order valence-corrected chi connectivity index (χ0v) is 29.9. The number of carbonyl (C=O) groups is 3. The van der Waals surface area contributed by atoms with Crippen LogP contribution in [0.3, 0.4) is 0 Å². The molecule has 0 saturated heterocycles. The summed E-state index contributed by atoms with van der Waals surface area (Å²) in [5, 5.41) is 9.40. The predicted molar refractivity (Wildman–Crippen MR) is 187 cm³/mol. The lowest BCUT2D eigenvalue weighted by Gasteiger charge is -2.28. The van der Waals surface area contributed by atoms with Crippen molar-refractivity contribution in [2.24, 2.45) is 5.10 Å². The van der Waals surface area contributed by atoms with Gasteiger partial charge in [0, 0.05) is 10.2 Å². The van der Waals surface area contributed by atoms with Gasteiger partial charge < -0.3 is 34.3 Å². The molecule has 47 heavy (non-hydrogen) atoms. The van der Waals surface area contributed by atoms with E-state index in [1.54, 1.807) is 38.1 Å². The Bertz CT molecular complexity index is 1680. The van der Waals surface area contributed by atoms with Crippen molar-refractivity contribution >= 4 is 62.6 Å². The average molecular weight is 821 g/mol. The second-order valence-corrected chi connectivity index (χ2v) is 12.0. The van der Waals surface area contributed by atoms with E-state index < -0.39 is 23.9 Å². The number of allylic oxidation sites excluding steroid dienone is 1. The number of amides is 3. The molecule has 0 saturated carbocycles. The molecule has 0 fully saturated rings. The maximum atomic E-state index is 12.6. The first-order valence-electron chi connectivity index (χ1n) is 14.5. The average Bonchev–Trinajstić information content (AvgIpc) is 3.04. The highest BCUT2D eigenvalue weighted by molar-refractivity contribution is 14.1. The standard InChI is InChI=1S/C33H34BrIN4O8/c1-5-44-27-14-21(13-24(35)31(27)47-17-20-7-10-23(34)11-8-20)16-36-39-28(40)18-46-25-12-9-22(15-26(25)43-4)30-29(32(41)45-6-2)19(3)37-33(42)38-30/h7-16,30H,5-6,17-18H2,1-4H3,(H,39,40)(H2,37,38,42)/b36-16-/t30-/m0/s1. The van der Waals surface area contributed by atoms with Gasteiger partial charge in [-0.25, -0.2) is 15.0 Å². The van der Waals surface area contributed by atoms with Gasteiger partial charge in [-0.1, -0.05) is 34.1 Å². The van der Waals surface area contributed by atoms with Gasteiger partial charge in [0.25, 0.3) is 5.91 Å². The first-order valence-corrected chi connectivity index (χ1v) is 16.4. The van der Waals surface area contributed by atoms with E-state index in [1.165, 1.54) is 13.3 Å². The van der Waals surface area contributed by atoms with Crippen LogP contribution in [0.2, 0.25) is 0 Å². The van der Waals surface area contributed by atoms with Crippen molar-refractivity contribution in [1.82, 2.24) is 16.1 Å². The number of benzene rings is 3. The van der Waals surface area contributed by atoms with E-state index >= 15 is 0 Å². The normalized spacial score (nSPS) is 14.3. The molecule has 3 aromatic carbocycles. The summed E-state index contributed by atoms with van der Waals surface area (Å²) in [6, 6.07) is 15.2. The van der Waals surface area contributed by atoms with E-state index in [9.17, 15) is 14.4 Å². The zero-order valence-electron chi connectivity index (χ0n) is 26.1. The third-order valence-electron chi connectivity index (χ3n) is 6.68. The van der Waals surface area contributed by atoms with Crippen molar-refractivity contribution < 1.29 is 38.1 Å². The van der Waals surface area contributed by atoms with Gasteiger partial charge in [-0.05, 0) is 96.5 Å². The number of hydrogen-bond acceptors (Lipinski definition) is 9. The molecule has 248 valence electrons. The largest absolute Gasteiger partial charge is 0.493 e. The Hall–Kier alpha value is -4.31. The third-order valence-corrected chi connectivity index (χ3v) is 8.01. The molecule has 0 aliphatic carbocycles. The van der Waals surface area contributed by atoms with Crippen LogP contribution in [-0.2, 0) is 20.9 Å². The van der Waals surface area contributed by atoms with E-state index in [1.807, 2.05) is 37.3 Å². The van der Waals surface area contributed by atoms with Gasteiger partial charge in [0.05, 0.1) is 41.7 Å². The molecule has 1 atom stereocenters. The lowest BCUT2D eigenvalue weighted by molar-refractivity contribution is -0.139. The van der Waals surface area contributed by atoms with Crippen molar-refractivity contribution in [2.75, 3.05) is 26.9 Å². The van der Waals surface area contributed by atoms with Crippen LogP contribution in [-0.4, -0.2) is 51.1 Å². The summed E-state index contributed by atoms with van der Waals surface area (Å²) >= 11 is 5.61. The monoisotopic (exact) mass is 820 g/mol. The predicted octanol–water partition coefficient (Wildman–Crippen LogP) is 5.76. The molecule has 12 nitrogen and oxygen atoms in total. The van der Waals surface area contributed by atoms with Gasteiger partial charge >= 0.3 is 12.0 Å². The summed E-state index contributed by atoms with van der Waals surface area (Å²) in [7, 11) is 1.44. The fraction of sp³-hybridized carbons (Fsp3) is 0.273. The van der Waals surface area contributed by atoms with Crippen LogP contribution in [0.4, 0.5) is 4.79 Å². The quantitative estimate of drug-likeness (QED) is 0.0807. The summed E-state index contributed by atoms with van der Waals surface area (Å²) in [6.07, 6.45) is 1.50. The van der Waals surface area contributed by atoms with Crippen LogP contribution < -0.4 is 35.0 Å². The Morgan fingerprint density at radius 2 is 1.77 bits per heavy atom. The number of nitrogens with zero attached hydrogens (tertiary/aromatic N) is 1. The minimum absolute atomic E-state index is 0.182. The summed E-state index contributed by atoms with van der Waals surface area (Å²) in [6.45, 7) is 5.87. The lowest BCUT2D eigenvalue weighted by Crippen LogP contribution is -2.45. The molecule has 3 amide bonds. The maximum Gasteiger partial charge on any atom is 0.338 e. The molecule has 0 bridgehead atoms. The fourth-order valence-corrected chi connectivity index (χ4v) is 5.61. The van der Waals surface area contributed by atoms with E-state index in [0.29, 0.717) is 47.3 Å². The topological polar surface area (TPSA) is 146 Å². The second kappa shape index (κ2) is 17.0. The van der Waals surface area contributed by atoms with Crippen molar-refractivity contribution in [3.63, 3.8) is 0 Å². The summed E-state index contributed by atoms with van der Waals surface area (Å²) in [5.74, 6) is 0.707. The van der Waals surface area contributed by atoms with Gasteiger partial charge in [0.1, 0.15) is 6.61 Å². The summed E-state index contributed by atoms with van der Waals surface area (Å²) < 4.78 is 30.1. The number of urea groups is 1. The van der Waals surface area contributed by atoms with E-state index in [-0.39, 0.29) is 24.5 Å². The Morgan fingerprint density at radius 1 is 1.00 bits per heavy atom. The molecular formula is C33H34BrIN4O8. The Kier molecular flexibility index (Phi) is 12.9. The number of halogens is 2. The van der Waals surface area contributed by atoms with E-state index in [2.05, 4.69) is 59.7 Å². The number of ether oxygens (including phenoxy) is 5. The number of hydrogen-bond donors (Lipinski definition) is 3. The van der Waals surface area contributed by atoms with Crippen molar-refractivity contribution in [2.45, 2.75) is 33.4 Å². The molecule has 4 rings (SSSR count). The molecule has 3 aromatic rings. The maximum absolute atomic E-state index is 12.6. The molecular weight excluding hydrogens is 787 g/mol. The van der Waals surface area contributed by atoms with E-state index in [4.69, 9.17) is 23.7 Å². The molecule has 1 heterocycles. The third kappa shape index (κ3) is 9.60. The van der Waals surface area contributed by atoms with Crippen LogP contribution in [0, 0.1) is 3.57 Å². The Labute approximate surface area is 294 Å². The van der Waals surface area contributed by atoms with Crippen LogP contribution in [0.15, 0.2) is 75.4 Å². The second-order valence-electron chi connectivity index (χ2n) is 9.96. The smallest absolute Gasteiger partial charge is 0.338 e. The van der Waals surface area contributed by atoms with Crippen LogP contribution >= 0.6 is 38.5 Å². The number of hydrazone groups is 1. The molecule has 0 spiro atoms. The highest BCUT2D eigenvalue weighted by Crippen LogP contribution is 2.36. The molecule has 0 unspecified atom stereocenters. The summed E-state index contributed by atoms with van der Waals surface area (Å²) in [5.41, 5.74) is 5.38. The molecule has 0 radical (unpaired) electrons. The summed E-state index contributed by atoms with van der Waals surface area (Å²) in [4.78, 5) is 37.4. The zero-order chi connectivity index (χ0) is 33.9. The molecule has 1 aliphatic heterocycles. The van der Waals surface area contributed by atoms with Gasteiger partial charge in [-0.15, -0.1) is 0 Å². The number of esters is 1. The van der Waals surface area contributed by atoms with Crippen molar-refractivity contribution in [3.05, 3.63) is 90.6 Å². The number of rotatable bonds is 14. The Morgan fingerprint density at radius 3 is 2.47 bits per heavy atom. The van der Waals surface area contributed by atoms with Gasteiger partial charge in [0.15, 0.2) is 29.6 Å². The minimum atomic E-state index is -0.776. The fourth-order valence-electron chi connectivity index (χ4n) is 4.56.